The van der Waals surface area contributed by atoms with Gasteiger partial charge in [-0.15, -0.1) is 0 Å². The second kappa shape index (κ2) is 5.03. The van der Waals surface area contributed by atoms with Crippen molar-refractivity contribution in [2.24, 2.45) is 0 Å². The van der Waals surface area contributed by atoms with Crippen molar-refractivity contribution in [1.29, 1.82) is 0 Å². The number of fused-ring (bicyclic) bond motifs is 1. The first-order valence-electron chi connectivity index (χ1n) is 7.82. The summed E-state index contributed by atoms with van der Waals surface area (Å²) in [5.41, 5.74) is 0.437. The van der Waals surface area contributed by atoms with Crippen LogP contribution in [0.5, 0.6) is 0 Å². The zero-order valence-electron chi connectivity index (χ0n) is 12.3. The van der Waals surface area contributed by atoms with Crippen molar-refractivity contribution in [2.45, 2.75) is 43.0 Å². The van der Waals surface area contributed by atoms with Crippen molar-refractivity contribution >= 4 is 15.9 Å². The lowest BCUT2D eigenvalue weighted by molar-refractivity contribution is 0.0729. The largest absolute Gasteiger partial charge is 0.333 e. The first kappa shape index (κ1) is 14.1. The summed E-state index contributed by atoms with van der Waals surface area (Å²) >= 11 is 0. The molecule has 3 fully saturated rings. The van der Waals surface area contributed by atoms with E-state index in [1.54, 1.807) is 28.7 Å². The van der Waals surface area contributed by atoms with Gasteiger partial charge in [-0.3, -0.25) is 9.78 Å². The van der Waals surface area contributed by atoms with Crippen LogP contribution in [-0.2, 0) is 10.0 Å². The van der Waals surface area contributed by atoms with Crippen molar-refractivity contribution in [3.05, 3.63) is 30.1 Å². The lowest BCUT2D eigenvalue weighted by atomic mass is 10.1. The molecule has 1 aromatic rings. The molecule has 0 N–H and O–H groups in total. The summed E-state index contributed by atoms with van der Waals surface area (Å²) in [5, 5.41) is -0.174. The third-order valence-corrected chi connectivity index (χ3v) is 7.36. The van der Waals surface area contributed by atoms with Gasteiger partial charge in [0, 0.05) is 25.3 Å². The van der Waals surface area contributed by atoms with E-state index in [1.165, 1.54) is 0 Å². The van der Waals surface area contributed by atoms with Crippen LogP contribution >= 0.6 is 0 Å². The third kappa shape index (κ3) is 2.14. The smallest absolute Gasteiger partial charge is 0.272 e. The molecule has 0 spiro atoms. The van der Waals surface area contributed by atoms with Gasteiger partial charge in [0.15, 0.2) is 0 Å². The molecular weight excluding hydrogens is 302 g/mol. The molecule has 7 heteroatoms. The maximum absolute atomic E-state index is 12.6. The molecule has 0 unspecified atom stereocenters. The fourth-order valence-corrected chi connectivity index (χ4v) is 5.81. The minimum Gasteiger partial charge on any atom is -0.333 e. The van der Waals surface area contributed by atoms with Gasteiger partial charge in [-0.05, 0) is 37.8 Å². The van der Waals surface area contributed by atoms with E-state index in [0.29, 0.717) is 18.8 Å². The summed E-state index contributed by atoms with van der Waals surface area (Å²) in [6, 6.07) is 5.25. The summed E-state index contributed by atoms with van der Waals surface area (Å²) in [5.74, 6) is -0.0845. The number of sulfonamides is 1. The molecule has 3 heterocycles. The third-order valence-electron chi connectivity index (χ3n) is 4.94. The molecule has 1 amide bonds. The number of carbonyl (C=O) groups excluding carboxylic acids is 1. The molecule has 2 atom stereocenters. The highest BCUT2D eigenvalue weighted by atomic mass is 32.2. The van der Waals surface area contributed by atoms with Crippen LogP contribution in [0.1, 0.15) is 36.2 Å². The molecule has 1 aliphatic carbocycles. The van der Waals surface area contributed by atoms with Gasteiger partial charge in [-0.1, -0.05) is 6.07 Å². The van der Waals surface area contributed by atoms with Crippen molar-refractivity contribution in [3.63, 3.8) is 0 Å². The number of carbonyl (C=O) groups is 1. The minimum absolute atomic E-state index is 0.00281. The molecule has 6 nitrogen and oxygen atoms in total. The fraction of sp³-hybridized carbons (Fsp3) is 0.600. The zero-order valence-corrected chi connectivity index (χ0v) is 13.1. The molecule has 22 heavy (non-hydrogen) atoms. The number of pyridine rings is 1. The van der Waals surface area contributed by atoms with Crippen LogP contribution in [0.2, 0.25) is 0 Å². The Morgan fingerprint density at radius 3 is 2.55 bits per heavy atom. The summed E-state index contributed by atoms with van der Waals surface area (Å²) in [6.07, 6.45) is 4.64. The number of hydrogen-bond donors (Lipinski definition) is 0. The fourth-order valence-electron chi connectivity index (χ4n) is 3.71. The average Bonchev–Trinajstić information content (AvgIpc) is 3.18. The zero-order chi connectivity index (χ0) is 15.3. The van der Waals surface area contributed by atoms with Crippen molar-refractivity contribution in [3.8, 4) is 0 Å². The number of rotatable bonds is 3. The van der Waals surface area contributed by atoms with Crippen molar-refractivity contribution in [1.82, 2.24) is 14.2 Å². The Labute approximate surface area is 130 Å². The summed E-state index contributed by atoms with van der Waals surface area (Å²) in [6.45, 7) is 1.15. The normalized spacial score (nSPS) is 28.8. The highest BCUT2D eigenvalue weighted by Gasteiger charge is 2.52. The first-order valence-corrected chi connectivity index (χ1v) is 9.32. The number of aromatic nitrogens is 1. The Kier molecular flexibility index (Phi) is 3.23. The van der Waals surface area contributed by atoms with E-state index in [1.807, 2.05) is 4.90 Å². The lowest BCUT2D eigenvalue weighted by Crippen LogP contribution is -2.42. The van der Waals surface area contributed by atoms with E-state index in [-0.39, 0.29) is 23.2 Å². The Morgan fingerprint density at radius 1 is 1.09 bits per heavy atom. The van der Waals surface area contributed by atoms with Crippen LogP contribution in [0.25, 0.3) is 0 Å². The van der Waals surface area contributed by atoms with Gasteiger partial charge in [0.1, 0.15) is 5.69 Å². The second-order valence-corrected chi connectivity index (χ2v) is 8.45. The van der Waals surface area contributed by atoms with E-state index in [4.69, 9.17) is 0 Å². The predicted octanol–water partition coefficient (Wildman–Crippen LogP) is 0.863. The quantitative estimate of drug-likeness (QED) is 0.828. The molecular formula is C15H19N3O3S. The van der Waals surface area contributed by atoms with E-state index in [9.17, 15) is 13.2 Å². The average molecular weight is 321 g/mol. The molecule has 1 saturated carbocycles. The number of amides is 1. The molecule has 2 saturated heterocycles. The lowest BCUT2D eigenvalue weighted by Gasteiger charge is -2.25. The van der Waals surface area contributed by atoms with Gasteiger partial charge in [0.2, 0.25) is 10.0 Å². The second-order valence-electron chi connectivity index (χ2n) is 6.28. The van der Waals surface area contributed by atoms with Crippen LogP contribution in [0.3, 0.4) is 0 Å². The van der Waals surface area contributed by atoms with Crippen molar-refractivity contribution in [2.75, 3.05) is 13.1 Å². The topological polar surface area (TPSA) is 70.6 Å². The molecule has 2 aliphatic heterocycles. The van der Waals surface area contributed by atoms with Gasteiger partial charge in [0.25, 0.3) is 5.91 Å². The Bertz CT molecular complexity index is 687. The van der Waals surface area contributed by atoms with Gasteiger partial charge in [-0.25, -0.2) is 8.42 Å². The molecule has 3 aliphatic rings. The summed E-state index contributed by atoms with van der Waals surface area (Å²) < 4.78 is 26.7. The van der Waals surface area contributed by atoms with E-state index in [0.717, 1.165) is 25.7 Å². The molecule has 1 aromatic heterocycles. The maximum Gasteiger partial charge on any atom is 0.272 e. The first-order chi connectivity index (χ1) is 10.6. The number of hydrogen-bond acceptors (Lipinski definition) is 4. The molecule has 118 valence electrons. The van der Waals surface area contributed by atoms with Crippen molar-refractivity contribution < 1.29 is 13.2 Å². The number of nitrogens with zero attached hydrogens (tertiary/aromatic N) is 3. The Hall–Kier alpha value is -1.47. The summed E-state index contributed by atoms with van der Waals surface area (Å²) in [4.78, 5) is 18.5. The van der Waals surface area contributed by atoms with Gasteiger partial charge in [0.05, 0.1) is 11.3 Å². The molecule has 4 rings (SSSR count). The Morgan fingerprint density at radius 2 is 1.86 bits per heavy atom. The van der Waals surface area contributed by atoms with Gasteiger partial charge >= 0.3 is 0 Å². The van der Waals surface area contributed by atoms with Crippen LogP contribution in [-0.4, -0.2) is 58.9 Å². The molecule has 0 radical (unpaired) electrons. The maximum atomic E-state index is 12.6. The standard InChI is InChI=1S/C15H19N3O3S/c19-15(12-3-1-2-8-16-12)17-9-6-14-13(17)7-10-18(14)22(20,21)11-4-5-11/h1-3,8,11,13-14H,4-7,9-10H2/t13-,14+/m1/s1. The van der Waals surface area contributed by atoms with Crippen LogP contribution in [0.15, 0.2) is 24.4 Å². The summed E-state index contributed by atoms with van der Waals surface area (Å²) in [7, 11) is -3.15. The van der Waals surface area contributed by atoms with Gasteiger partial charge < -0.3 is 4.90 Å². The van der Waals surface area contributed by atoms with Crippen LogP contribution in [0.4, 0.5) is 0 Å². The van der Waals surface area contributed by atoms with Crippen LogP contribution < -0.4 is 0 Å². The monoisotopic (exact) mass is 321 g/mol. The van der Waals surface area contributed by atoms with Crippen LogP contribution in [0, 0.1) is 0 Å². The predicted molar refractivity (Wildman–Crippen MR) is 80.7 cm³/mol. The van der Waals surface area contributed by atoms with E-state index in [2.05, 4.69) is 4.98 Å². The molecule has 0 bridgehead atoms. The van der Waals surface area contributed by atoms with E-state index >= 15 is 0 Å². The highest BCUT2D eigenvalue weighted by Crippen LogP contribution is 2.39. The minimum atomic E-state index is -3.15. The van der Waals surface area contributed by atoms with E-state index < -0.39 is 10.0 Å². The SMILES string of the molecule is O=C(c1ccccn1)N1CC[C@H]2[C@H]1CCN2S(=O)(=O)C1CC1. The molecule has 0 aromatic carbocycles. The number of likely N-dealkylation sites (tertiary alicyclic amines) is 1. The Balaban J connectivity index is 1.54. The highest BCUT2D eigenvalue weighted by molar-refractivity contribution is 7.90. The van der Waals surface area contributed by atoms with Gasteiger partial charge in [-0.2, -0.15) is 4.31 Å².